The Morgan fingerprint density at radius 3 is 2.12 bits per heavy atom. The highest BCUT2D eigenvalue weighted by atomic mass is 16.5. The summed E-state index contributed by atoms with van der Waals surface area (Å²) in [6, 6.07) is 5.53. The molecule has 3 rings (SSSR count). The Kier molecular flexibility index (Phi) is 9.79. The topological polar surface area (TPSA) is 108 Å². The maximum atomic E-state index is 13.1. The monoisotopic (exact) mass is 472 g/mol. The van der Waals surface area contributed by atoms with E-state index in [4.69, 9.17) is 19.9 Å². The molecule has 34 heavy (non-hydrogen) atoms. The quantitative estimate of drug-likeness (QED) is 0.412. The smallest absolute Gasteiger partial charge is 0.331 e. The van der Waals surface area contributed by atoms with Gasteiger partial charge in [0.2, 0.25) is 0 Å². The predicted molar refractivity (Wildman–Crippen MR) is 128 cm³/mol. The van der Waals surface area contributed by atoms with Crippen LogP contribution in [-0.2, 0) is 19.1 Å². The molecule has 1 aromatic rings. The minimum atomic E-state index is -0.589. The van der Waals surface area contributed by atoms with Crippen LogP contribution in [-0.4, -0.2) is 55.1 Å². The first-order valence-corrected chi connectivity index (χ1v) is 12.2. The normalized spacial score (nSPS) is 17.3. The van der Waals surface area contributed by atoms with Crippen molar-refractivity contribution in [2.75, 3.05) is 20.3 Å². The lowest BCUT2D eigenvalue weighted by Gasteiger charge is -2.41. The number of hydrogen-bond donors (Lipinski definition) is 1. The second kappa shape index (κ2) is 13.0. The van der Waals surface area contributed by atoms with Gasteiger partial charge in [0.25, 0.3) is 11.8 Å². The molecule has 0 atom stereocenters. The van der Waals surface area contributed by atoms with E-state index in [1.54, 1.807) is 24.3 Å². The zero-order valence-corrected chi connectivity index (χ0v) is 20.0. The summed E-state index contributed by atoms with van der Waals surface area (Å²) < 4.78 is 15.9. The van der Waals surface area contributed by atoms with Crippen LogP contribution in [0.15, 0.2) is 24.3 Å². The summed E-state index contributed by atoms with van der Waals surface area (Å²) in [5.74, 6) is -0.472. The molecular formula is C26H36N2O6. The number of nitrogens with zero attached hydrogens (tertiary/aromatic N) is 1. The number of carbonyl (C=O) groups is 3. The Balaban J connectivity index is 1.57. The van der Waals surface area contributed by atoms with Crippen molar-refractivity contribution in [1.82, 2.24) is 4.90 Å². The van der Waals surface area contributed by atoms with Crippen molar-refractivity contribution in [2.24, 2.45) is 5.73 Å². The molecule has 8 heteroatoms. The largest absolute Gasteiger partial charge is 0.493 e. The van der Waals surface area contributed by atoms with Gasteiger partial charge in [-0.05, 0) is 49.5 Å². The van der Waals surface area contributed by atoms with Gasteiger partial charge in [-0.15, -0.1) is 0 Å². The molecule has 0 saturated heterocycles. The summed E-state index contributed by atoms with van der Waals surface area (Å²) >= 11 is 0. The number of primary amides is 1. The minimum Gasteiger partial charge on any atom is -0.493 e. The van der Waals surface area contributed by atoms with Gasteiger partial charge in [0.1, 0.15) is 0 Å². The second-order valence-electron chi connectivity index (χ2n) is 8.99. The van der Waals surface area contributed by atoms with E-state index in [2.05, 4.69) is 0 Å². The number of carbonyl (C=O) groups excluding carboxylic acids is 3. The Morgan fingerprint density at radius 2 is 1.56 bits per heavy atom. The lowest BCUT2D eigenvalue weighted by molar-refractivity contribution is -0.152. The Morgan fingerprint density at radius 1 is 0.941 bits per heavy atom. The van der Waals surface area contributed by atoms with E-state index in [-0.39, 0.29) is 31.2 Å². The Hall–Kier alpha value is -3.03. The van der Waals surface area contributed by atoms with Gasteiger partial charge in [0, 0.05) is 18.2 Å². The summed E-state index contributed by atoms with van der Waals surface area (Å²) in [6.45, 7) is -0.496. The van der Waals surface area contributed by atoms with Gasteiger partial charge in [-0.25, -0.2) is 4.79 Å². The van der Waals surface area contributed by atoms with E-state index in [0.717, 1.165) is 51.4 Å². The van der Waals surface area contributed by atoms with Gasteiger partial charge in [0.15, 0.2) is 24.7 Å². The molecular weight excluding hydrogens is 436 g/mol. The van der Waals surface area contributed by atoms with Crippen molar-refractivity contribution >= 4 is 23.9 Å². The lowest BCUT2D eigenvalue weighted by atomic mass is 9.88. The van der Waals surface area contributed by atoms with Gasteiger partial charge in [-0.1, -0.05) is 44.6 Å². The second-order valence-corrected chi connectivity index (χ2v) is 8.99. The van der Waals surface area contributed by atoms with Crippen LogP contribution in [0.5, 0.6) is 11.5 Å². The van der Waals surface area contributed by atoms with E-state index >= 15 is 0 Å². The summed E-state index contributed by atoms with van der Waals surface area (Å²) in [5, 5.41) is 0. The van der Waals surface area contributed by atoms with E-state index in [9.17, 15) is 14.4 Å². The predicted octanol–water partition coefficient (Wildman–Crippen LogP) is 3.61. The Labute approximate surface area is 201 Å². The fourth-order valence-electron chi connectivity index (χ4n) is 4.90. The van der Waals surface area contributed by atoms with Crippen molar-refractivity contribution in [2.45, 2.75) is 76.3 Å². The number of methoxy groups -OCH3 is 1. The maximum absolute atomic E-state index is 13.1. The molecule has 2 aliphatic carbocycles. The molecule has 1 aromatic carbocycles. The molecule has 2 amide bonds. The standard InChI is InChI=1S/C26H36N2O6/c1-32-23-16-19(12-14-22(23)33-17-24(27)29)13-15-26(31)34-18-25(30)28(20-8-4-2-5-9-20)21-10-6-3-7-11-21/h12-16,20-21H,2-11,17-18H2,1H3,(H2,27,29)/b15-13+. The molecule has 0 bridgehead atoms. The van der Waals surface area contributed by atoms with Crippen molar-refractivity contribution in [3.05, 3.63) is 29.8 Å². The molecule has 2 saturated carbocycles. The van der Waals surface area contributed by atoms with E-state index < -0.39 is 11.9 Å². The van der Waals surface area contributed by atoms with E-state index in [1.807, 2.05) is 4.90 Å². The molecule has 0 radical (unpaired) electrons. The number of amides is 2. The van der Waals surface area contributed by atoms with Crippen molar-refractivity contribution in [1.29, 1.82) is 0 Å². The molecule has 8 nitrogen and oxygen atoms in total. The van der Waals surface area contributed by atoms with Gasteiger partial charge >= 0.3 is 5.97 Å². The first-order valence-electron chi connectivity index (χ1n) is 12.2. The Bertz CT molecular complexity index is 854. The van der Waals surface area contributed by atoms with Crippen molar-refractivity contribution in [3.8, 4) is 11.5 Å². The molecule has 2 fully saturated rings. The first-order chi connectivity index (χ1) is 16.5. The number of ether oxygens (including phenoxy) is 3. The fourth-order valence-corrected chi connectivity index (χ4v) is 4.90. The molecule has 2 N–H and O–H groups in total. The minimum absolute atomic E-state index is 0.0850. The zero-order valence-electron chi connectivity index (χ0n) is 20.0. The number of rotatable bonds is 10. The van der Waals surface area contributed by atoms with Gasteiger partial charge in [-0.2, -0.15) is 0 Å². The van der Waals surface area contributed by atoms with Crippen LogP contribution < -0.4 is 15.2 Å². The third kappa shape index (κ3) is 7.50. The third-order valence-electron chi connectivity index (χ3n) is 6.53. The molecule has 0 aromatic heterocycles. The highest BCUT2D eigenvalue weighted by Gasteiger charge is 2.32. The fraction of sp³-hybridized carbons (Fsp3) is 0.577. The van der Waals surface area contributed by atoms with Gasteiger partial charge in [-0.3, -0.25) is 9.59 Å². The molecule has 0 aliphatic heterocycles. The van der Waals surface area contributed by atoms with E-state index in [0.29, 0.717) is 17.1 Å². The number of esters is 1. The summed E-state index contributed by atoms with van der Waals surface area (Å²) in [4.78, 5) is 38.4. The summed E-state index contributed by atoms with van der Waals surface area (Å²) in [6.07, 6.45) is 14.1. The highest BCUT2D eigenvalue weighted by Crippen LogP contribution is 2.31. The van der Waals surface area contributed by atoms with Crippen LogP contribution in [0.25, 0.3) is 6.08 Å². The summed E-state index contributed by atoms with van der Waals surface area (Å²) in [7, 11) is 1.48. The van der Waals surface area contributed by atoms with Crippen LogP contribution in [0.4, 0.5) is 0 Å². The molecule has 186 valence electrons. The average Bonchev–Trinajstić information content (AvgIpc) is 2.86. The third-order valence-corrected chi connectivity index (χ3v) is 6.53. The lowest BCUT2D eigenvalue weighted by Crippen LogP contribution is -2.50. The van der Waals surface area contributed by atoms with Crippen LogP contribution in [0.2, 0.25) is 0 Å². The first kappa shape index (κ1) is 25.6. The van der Waals surface area contributed by atoms with E-state index in [1.165, 1.54) is 26.0 Å². The zero-order chi connectivity index (χ0) is 24.3. The summed E-state index contributed by atoms with van der Waals surface area (Å²) in [5.41, 5.74) is 5.78. The molecule has 2 aliphatic rings. The highest BCUT2D eigenvalue weighted by molar-refractivity contribution is 5.89. The molecule has 0 heterocycles. The van der Waals surface area contributed by atoms with Crippen LogP contribution in [0.1, 0.15) is 69.8 Å². The van der Waals surface area contributed by atoms with Gasteiger partial charge in [0.05, 0.1) is 7.11 Å². The van der Waals surface area contributed by atoms with Crippen LogP contribution in [0.3, 0.4) is 0 Å². The SMILES string of the molecule is COc1cc(/C=C/C(=O)OCC(=O)N(C2CCCCC2)C2CCCCC2)ccc1OCC(N)=O. The van der Waals surface area contributed by atoms with Crippen LogP contribution in [0, 0.1) is 0 Å². The number of hydrogen-bond acceptors (Lipinski definition) is 6. The molecule has 0 unspecified atom stereocenters. The van der Waals surface area contributed by atoms with Crippen molar-refractivity contribution < 1.29 is 28.6 Å². The number of benzene rings is 1. The average molecular weight is 473 g/mol. The van der Waals surface area contributed by atoms with Gasteiger partial charge < -0.3 is 24.8 Å². The number of nitrogens with two attached hydrogens (primary N) is 1. The van der Waals surface area contributed by atoms with Crippen molar-refractivity contribution in [3.63, 3.8) is 0 Å². The van der Waals surface area contributed by atoms with Crippen LogP contribution >= 0.6 is 0 Å². The maximum Gasteiger partial charge on any atom is 0.331 e. The molecule has 0 spiro atoms.